The Balaban J connectivity index is 2.19. The lowest BCUT2D eigenvalue weighted by atomic mass is 10.0. The van der Waals surface area contributed by atoms with Crippen molar-refractivity contribution in [1.82, 2.24) is 9.97 Å². The summed E-state index contributed by atoms with van der Waals surface area (Å²) in [5.41, 5.74) is 3.23. The molecular formula is C17H11BrClN3O2. The van der Waals surface area contributed by atoms with E-state index in [1.165, 1.54) is 12.1 Å². The maximum Gasteiger partial charge on any atom is 0.269 e. The Morgan fingerprint density at radius 2 is 1.58 bits per heavy atom. The van der Waals surface area contributed by atoms with Gasteiger partial charge in [-0.25, -0.2) is 9.97 Å². The molecule has 0 fully saturated rings. The molecule has 0 aliphatic heterocycles. The number of nitro benzene ring substituents is 1. The highest BCUT2D eigenvalue weighted by Gasteiger charge is 2.16. The Bertz CT molecular complexity index is 912. The second-order valence-electron chi connectivity index (χ2n) is 5.10. The van der Waals surface area contributed by atoms with Gasteiger partial charge in [-0.15, -0.1) is 0 Å². The maximum absolute atomic E-state index is 10.8. The quantitative estimate of drug-likeness (QED) is 0.331. The van der Waals surface area contributed by atoms with Gasteiger partial charge in [-0.05, 0) is 52.7 Å². The molecule has 0 N–H and O–H groups in total. The van der Waals surface area contributed by atoms with Crippen LogP contribution in [0.1, 0.15) is 5.82 Å². The van der Waals surface area contributed by atoms with E-state index in [-0.39, 0.29) is 5.69 Å². The van der Waals surface area contributed by atoms with Gasteiger partial charge in [0.15, 0.2) is 0 Å². The number of hydrogen-bond donors (Lipinski definition) is 0. The molecule has 5 nitrogen and oxygen atoms in total. The third-order valence-corrected chi connectivity index (χ3v) is 4.29. The molecule has 7 heteroatoms. The first-order chi connectivity index (χ1) is 11.5. The number of aryl methyl sites for hydroxylation is 1. The molecule has 0 unspecified atom stereocenters. The minimum absolute atomic E-state index is 0.0379. The standard InChI is InChI=1S/C17H11BrClN3O2/c1-10-20-16(12-2-6-13(19)7-3-12)15(17(18)21-10)11-4-8-14(9-5-11)22(23)24/h2-9H,1H3. The fourth-order valence-electron chi connectivity index (χ4n) is 2.36. The molecule has 3 aromatic rings. The number of nitro groups is 1. The number of non-ortho nitro benzene ring substituents is 1. The van der Waals surface area contributed by atoms with Gasteiger partial charge in [0, 0.05) is 28.3 Å². The summed E-state index contributed by atoms with van der Waals surface area (Å²) in [4.78, 5) is 19.3. The van der Waals surface area contributed by atoms with Gasteiger partial charge in [0.05, 0.1) is 10.6 Å². The predicted octanol–water partition coefficient (Wildman–Crippen LogP) is 5.44. The minimum Gasteiger partial charge on any atom is -0.258 e. The van der Waals surface area contributed by atoms with E-state index in [2.05, 4.69) is 25.9 Å². The first kappa shape index (κ1) is 16.5. The smallest absolute Gasteiger partial charge is 0.258 e. The Labute approximate surface area is 151 Å². The summed E-state index contributed by atoms with van der Waals surface area (Å²) < 4.78 is 0.633. The Hall–Kier alpha value is -2.31. The van der Waals surface area contributed by atoms with Crippen molar-refractivity contribution in [3.63, 3.8) is 0 Å². The highest BCUT2D eigenvalue weighted by Crippen LogP contribution is 2.36. The molecule has 0 bridgehead atoms. The van der Waals surface area contributed by atoms with Gasteiger partial charge in [0.1, 0.15) is 10.4 Å². The molecule has 0 saturated heterocycles. The van der Waals surface area contributed by atoms with Gasteiger partial charge in [0.25, 0.3) is 5.69 Å². The van der Waals surface area contributed by atoms with Crippen LogP contribution in [0.4, 0.5) is 5.69 Å². The van der Waals surface area contributed by atoms with Crippen LogP contribution in [0.2, 0.25) is 5.02 Å². The molecule has 3 rings (SSSR count). The van der Waals surface area contributed by atoms with Crippen molar-refractivity contribution < 1.29 is 4.92 Å². The number of halogens is 2. The van der Waals surface area contributed by atoms with Gasteiger partial charge < -0.3 is 0 Å². The van der Waals surface area contributed by atoms with Crippen LogP contribution in [0, 0.1) is 17.0 Å². The van der Waals surface area contributed by atoms with E-state index in [9.17, 15) is 10.1 Å². The van der Waals surface area contributed by atoms with E-state index >= 15 is 0 Å². The van der Waals surface area contributed by atoms with Crippen LogP contribution in [-0.2, 0) is 0 Å². The normalized spacial score (nSPS) is 10.6. The van der Waals surface area contributed by atoms with Gasteiger partial charge >= 0.3 is 0 Å². The molecule has 120 valence electrons. The fourth-order valence-corrected chi connectivity index (χ4v) is 3.16. The maximum atomic E-state index is 10.8. The Kier molecular flexibility index (Phi) is 4.59. The summed E-state index contributed by atoms with van der Waals surface area (Å²) in [5.74, 6) is 0.623. The SMILES string of the molecule is Cc1nc(Br)c(-c2ccc([N+](=O)[O-])cc2)c(-c2ccc(Cl)cc2)n1. The average molecular weight is 405 g/mol. The first-order valence-electron chi connectivity index (χ1n) is 7.00. The van der Waals surface area contributed by atoms with Crippen LogP contribution in [0.25, 0.3) is 22.4 Å². The summed E-state index contributed by atoms with van der Waals surface area (Å²) in [6.07, 6.45) is 0. The molecule has 1 heterocycles. The molecule has 0 atom stereocenters. The van der Waals surface area contributed by atoms with E-state index < -0.39 is 4.92 Å². The molecule has 0 aliphatic rings. The molecular weight excluding hydrogens is 394 g/mol. The topological polar surface area (TPSA) is 68.9 Å². The Morgan fingerprint density at radius 3 is 2.17 bits per heavy atom. The number of hydrogen-bond acceptors (Lipinski definition) is 4. The monoisotopic (exact) mass is 403 g/mol. The van der Waals surface area contributed by atoms with Crippen molar-refractivity contribution >= 4 is 33.2 Å². The van der Waals surface area contributed by atoms with E-state index in [1.807, 2.05) is 19.1 Å². The highest BCUT2D eigenvalue weighted by atomic mass is 79.9. The van der Waals surface area contributed by atoms with Gasteiger partial charge in [-0.1, -0.05) is 23.7 Å². The first-order valence-corrected chi connectivity index (χ1v) is 8.17. The van der Waals surface area contributed by atoms with Crippen LogP contribution in [-0.4, -0.2) is 14.9 Å². The second-order valence-corrected chi connectivity index (χ2v) is 6.28. The average Bonchev–Trinajstić information content (AvgIpc) is 2.55. The Morgan fingerprint density at radius 1 is 1.00 bits per heavy atom. The van der Waals surface area contributed by atoms with Gasteiger partial charge in [-0.2, -0.15) is 0 Å². The number of nitrogens with zero attached hydrogens (tertiary/aromatic N) is 3. The van der Waals surface area contributed by atoms with E-state index in [4.69, 9.17) is 11.6 Å². The van der Waals surface area contributed by atoms with E-state index in [0.717, 1.165) is 22.4 Å². The highest BCUT2D eigenvalue weighted by molar-refractivity contribution is 9.10. The molecule has 0 radical (unpaired) electrons. The summed E-state index contributed by atoms with van der Waals surface area (Å²) in [7, 11) is 0. The van der Waals surface area contributed by atoms with E-state index in [1.54, 1.807) is 24.3 Å². The van der Waals surface area contributed by atoms with Crippen LogP contribution >= 0.6 is 27.5 Å². The van der Waals surface area contributed by atoms with Crippen molar-refractivity contribution in [1.29, 1.82) is 0 Å². The molecule has 0 amide bonds. The fraction of sp³-hybridized carbons (Fsp3) is 0.0588. The third-order valence-electron chi connectivity index (χ3n) is 3.46. The lowest BCUT2D eigenvalue weighted by Crippen LogP contribution is -1.98. The van der Waals surface area contributed by atoms with Crippen molar-refractivity contribution in [2.75, 3.05) is 0 Å². The van der Waals surface area contributed by atoms with Gasteiger partial charge in [-0.3, -0.25) is 10.1 Å². The largest absolute Gasteiger partial charge is 0.269 e. The van der Waals surface area contributed by atoms with Crippen molar-refractivity contribution in [2.24, 2.45) is 0 Å². The third kappa shape index (κ3) is 3.29. The zero-order valence-electron chi connectivity index (χ0n) is 12.5. The zero-order valence-corrected chi connectivity index (χ0v) is 14.9. The van der Waals surface area contributed by atoms with Crippen LogP contribution < -0.4 is 0 Å². The van der Waals surface area contributed by atoms with E-state index in [0.29, 0.717) is 15.5 Å². The number of benzene rings is 2. The van der Waals surface area contributed by atoms with Crippen molar-refractivity contribution in [3.05, 3.63) is 74.1 Å². The zero-order chi connectivity index (χ0) is 17.3. The summed E-state index contributed by atoms with van der Waals surface area (Å²) in [6.45, 7) is 1.81. The molecule has 24 heavy (non-hydrogen) atoms. The molecule has 0 aliphatic carbocycles. The molecule has 2 aromatic carbocycles. The molecule has 1 aromatic heterocycles. The lowest BCUT2D eigenvalue weighted by Gasteiger charge is -2.12. The second kappa shape index (κ2) is 6.67. The van der Waals surface area contributed by atoms with Crippen LogP contribution in [0.5, 0.6) is 0 Å². The minimum atomic E-state index is -0.426. The van der Waals surface area contributed by atoms with Crippen molar-refractivity contribution in [2.45, 2.75) is 6.92 Å². The van der Waals surface area contributed by atoms with Gasteiger partial charge in [0.2, 0.25) is 0 Å². The molecule has 0 saturated carbocycles. The summed E-state index contributed by atoms with van der Waals surface area (Å²) >= 11 is 9.44. The molecule has 0 spiro atoms. The van der Waals surface area contributed by atoms with Crippen molar-refractivity contribution in [3.8, 4) is 22.4 Å². The van der Waals surface area contributed by atoms with Crippen LogP contribution in [0.3, 0.4) is 0 Å². The lowest BCUT2D eigenvalue weighted by molar-refractivity contribution is -0.384. The van der Waals surface area contributed by atoms with Crippen LogP contribution in [0.15, 0.2) is 53.1 Å². The number of aromatic nitrogens is 2. The predicted molar refractivity (Wildman–Crippen MR) is 97.0 cm³/mol. The number of rotatable bonds is 3. The summed E-state index contributed by atoms with van der Waals surface area (Å²) in [5, 5.41) is 11.5. The summed E-state index contributed by atoms with van der Waals surface area (Å²) in [6, 6.07) is 13.7.